The van der Waals surface area contributed by atoms with Gasteiger partial charge in [-0.3, -0.25) is 4.79 Å². The maximum absolute atomic E-state index is 12.0. The van der Waals surface area contributed by atoms with Gasteiger partial charge in [-0.1, -0.05) is 0 Å². The highest BCUT2D eigenvalue weighted by atomic mass is 16.5. The lowest BCUT2D eigenvalue weighted by molar-refractivity contribution is 0.0947. The first-order valence-electron chi connectivity index (χ1n) is 7.12. The highest BCUT2D eigenvalue weighted by molar-refractivity contribution is 5.92. The number of carbonyl (C=O) groups excluding carboxylic acids is 1. The Bertz CT molecular complexity index is 426. The summed E-state index contributed by atoms with van der Waals surface area (Å²) in [6.07, 6.45) is 3.35. The molecule has 0 atom stereocenters. The molecule has 21 heavy (non-hydrogen) atoms. The van der Waals surface area contributed by atoms with Crippen LogP contribution in [0.4, 0.5) is 5.95 Å². The zero-order valence-electron chi connectivity index (χ0n) is 13.1. The minimum atomic E-state index is -0.170. The summed E-state index contributed by atoms with van der Waals surface area (Å²) in [5.74, 6) is 0.295. The summed E-state index contributed by atoms with van der Waals surface area (Å²) in [5.41, 5.74) is 0.379. The maximum Gasteiger partial charge on any atom is 0.270 e. The number of hydrogen-bond acceptors (Lipinski definition) is 6. The molecule has 7 heteroatoms. The number of aromatic nitrogens is 2. The van der Waals surface area contributed by atoms with Crippen molar-refractivity contribution in [2.75, 3.05) is 52.8 Å². The van der Waals surface area contributed by atoms with E-state index in [0.29, 0.717) is 31.3 Å². The summed E-state index contributed by atoms with van der Waals surface area (Å²) >= 11 is 0. The standard InChI is InChI=1S/C14H25N5O2/c1-19(2)10-4-7-15-13(20)12-6-9-17-14(18-12)16-8-5-11-21-3/h6,9H,4-5,7-8,10-11H2,1-3H3,(H,15,20)(H,16,17,18). The number of methoxy groups -OCH3 is 1. The van der Waals surface area contributed by atoms with E-state index < -0.39 is 0 Å². The molecule has 118 valence electrons. The van der Waals surface area contributed by atoms with Gasteiger partial charge in [0, 0.05) is 33.0 Å². The van der Waals surface area contributed by atoms with Gasteiger partial charge < -0.3 is 20.3 Å². The Morgan fingerprint density at radius 1 is 1.33 bits per heavy atom. The van der Waals surface area contributed by atoms with Crippen molar-refractivity contribution in [2.45, 2.75) is 12.8 Å². The minimum Gasteiger partial charge on any atom is -0.385 e. The van der Waals surface area contributed by atoms with Crippen molar-refractivity contribution in [1.29, 1.82) is 0 Å². The SMILES string of the molecule is COCCCNc1nccc(C(=O)NCCCN(C)C)n1. The second-order valence-electron chi connectivity index (χ2n) is 4.95. The van der Waals surface area contributed by atoms with Crippen molar-refractivity contribution in [2.24, 2.45) is 0 Å². The first-order chi connectivity index (χ1) is 10.1. The number of hydrogen-bond donors (Lipinski definition) is 2. The molecule has 0 aliphatic carbocycles. The summed E-state index contributed by atoms with van der Waals surface area (Å²) in [6, 6.07) is 1.61. The number of carbonyl (C=O) groups is 1. The fourth-order valence-corrected chi connectivity index (χ4v) is 1.67. The Morgan fingerprint density at radius 2 is 2.14 bits per heavy atom. The van der Waals surface area contributed by atoms with Crippen LogP contribution in [0.2, 0.25) is 0 Å². The molecular formula is C14H25N5O2. The molecule has 2 N–H and O–H groups in total. The van der Waals surface area contributed by atoms with Crippen LogP contribution in [0.15, 0.2) is 12.3 Å². The van der Waals surface area contributed by atoms with Crippen molar-refractivity contribution in [3.05, 3.63) is 18.0 Å². The molecule has 1 heterocycles. The zero-order chi connectivity index (χ0) is 15.5. The number of amides is 1. The van der Waals surface area contributed by atoms with Gasteiger partial charge in [0.2, 0.25) is 5.95 Å². The van der Waals surface area contributed by atoms with Crippen LogP contribution < -0.4 is 10.6 Å². The normalized spacial score (nSPS) is 10.7. The zero-order valence-corrected chi connectivity index (χ0v) is 13.1. The third-order valence-electron chi connectivity index (χ3n) is 2.76. The van der Waals surface area contributed by atoms with Crippen molar-refractivity contribution in [3.63, 3.8) is 0 Å². The summed E-state index contributed by atoms with van der Waals surface area (Å²) in [6.45, 7) is 2.97. The molecular weight excluding hydrogens is 270 g/mol. The fraction of sp³-hybridized carbons (Fsp3) is 0.643. The van der Waals surface area contributed by atoms with Crippen molar-refractivity contribution in [1.82, 2.24) is 20.2 Å². The Kier molecular flexibility index (Phi) is 8.30. The van der Waals surface area contributed by atoms with Gasteiger partial charge in [0.15, 0.2) is 0 Å². The lowest BCUT2D eigenvalue weighted by atomic mass is 10.3. The minimum absolute atomic E-state index is 0.170. The molecule has 0 radical (unpaired) electrons. The van der Waals surface area contributed by atoms with Gasteiger partial charge in [0.1, 0.15) is 5.69 Å². The van der Waals surface area contributed by atoms with Crippen LogP contribution in [-0.2, 0) is 4.74 Å². The molecule has 1 amide bonds. The lowest BCUT2D eigenvalue weighted by Gasteiger charge is -2.10. The van der Waals surface area contributed by atoms with Gasteiger partial charge in [-0.05, 0) is 39.5 Å². The topological polar surface area (TPSA) is 79.4 Å². The Morgan fingerprint density at radius 3 is 2.86 bits per heavy atom. The van der Waals surface area contributed by atoms with E-state index in [1.165, 1.54) is 0 Å². The molecule has 0 aromatic carbocycles. The molecule has 0 bridgehead atoms. The van der Waals surface area contributed by atoms with Gasteiger partial charge in [0.05, 0.1) is 0 Å². The van der Waals surface area contributed by atoms with Crippen LogP contribution in [0, 0.1) is 0 Å². The van der Waals surface area contributed by atoms with Crippen molar-refractivity contribution < 1.29 is 9.53 Å². The number of nitrogens with one attached hydrogen (secondary N) is 2. The van der Waals surface area contributed by atoms with Gasteiger partial charge in [-0.15, -0.1) is 0 Å². The molecule has 1 aromatic rings. The van der Waals surface area contributed by atoms with Crippen LogP contribution >= 0.6 is 0 Å². The summed E-state index contributed by atoms with van der Waals surface area (Å²) in [7, 11) is 5.68. The van der Waals surface area contributed by atoms with E-state index in [-0.39, 0.29) is 5.91 Å². The molecule has 0 saturated heterocycles. The van der Waals surface area contributed by atoms with Crippen molar-refractivity contribution in [3.8, 4) is 0 Å². The third kappa shape index (κ3) is 7.57. The largest absolute Gasteiger partial charge is 0.385 e. The third-order valence-corrected chi connectivity index (χ3v) is 2.76. The Labute approximate surface area is 126 Å². The molecule has 1 aromatic heterocycles. The first kappa shape index (κ1) is 17.3. The van der Waals surface area contributed by atoms with Crippen LogP contribution in [-0.4, -0.2) is 68.2 Å². The fourth-order valence-electron chi connectivity index (χ4n) is 1.67. The maximum atomic E-state index is 12.0. The van der Waals surface area contributed by atoms with Crippen LogP contribution in [0.1, 0.15) is 23.3 Å². The molecule has 0 aliphatic heterocycles. The van der Waals surface area contributed by atoms with Crippen LogP contribution in [0.3, 0.4) is 0 Å². The molecule has 0 aliphatic rings. The second kappa shape index (κ2) is 10.1. The van der Waals surface area contributed by atoms with E-state index in [0.717, 1.165) is 19.4 Å². The highest BCUT2D eigenvalue weighted by Gasteiger charge is 2.07. The van der Waals surface area contributed by atoms with E-state index in [1.807, 2.05) is 14.1 Å². The predicted molar refractivity (Wildman–Crippen MR) is 82.5 cm³/mol. The van der Waals surface area contributed by atoms with Crippen LogP contribution in [0.25, 0.3) is 0 Å². The molecule has 0 saturated carbocycles. The number of rotatable bonds is 10. The molecule has 0 unspecified atom stereocenters. The van der Waals surface area contributed by atoms with E-state index in [4.69, 9.17) is 4.74 Å². The van der Waals surface area contributed by atoms with E-state index in [9.17, 15) is 4.79 Å². The van der Waals surface area contributed by atoms with Crippen LogP contribution in [0.5, 0.6) is 0 Å². The number of ether oxygens (including phenoxy) is 1. The lowest BCUT2D eigenvalue weighted by Crippen LogP contribution is -2.28. The average molecular weight is 295 g/mol. The summed E-state index contributed by atoms with van der Waals surface area (Å²) in [4.78, 5) is 22.3. The second-order valence-corrected chi connectivity index (χ2v) is 4.95. The van der Waals surface area contributed by atoms with E-state index in [2.05, 4.69) is 25.5 Å². The molecule has 0 spiro atoms. The van der Waals surface area contributed by atoms with Gasteiger partial charge >= 0.3 is 0 Å². The molecule has 0 fully saturated rings. The Balaban J connectivity index is 2.38. The first-order valence-corrected chi connectivity index (χ1v) is 7.12. The summed E-state index contributed by atoms with van der Waals surface area (Å²) in [5, 5.41) is 5.92. The Hall–Kier alpha value is -1.73. The highest BCUT2D eigenvalue weighted by Crippen LogP contribution is 2.01. The van der Waals surface area contributed by atoms with Gasteiger partial charge in [-0.2, -0.15) is 0 Å². The smallest absolute Gasteiger partial charge is 0.270 e. The van der Waals surface area contributed by atoms with Crippen molar-refractivity contribution >= 4 is 11.9 Å². The van der Waals surface area contributed by atoms with Gasteiger partial charge in [-0.25, -0.2) is 9.97 Å². The van der Waals surface area contributed by atoms with Gasteiger partial charge in [0.25, 0.3) is 5.91 Å². The number of anilines is 1. The average Bonchev–Trinajstić information content (AvgIpc) is 2.48. The predicted octanol–water partition coefficient (Wildman–Crippen LogP) is 0.607. The number of nitrogens with zero attached hydrogens (tertiary/aromatic N) is 3. The monoisotopic (exact) mass is 295 g/mol. The molecule has 7 nitrogen and oxygen atoms in total. The van der Waals surface area contributed by atoms with E-state index >= 15 is 0 Å². The molecule has 1 rings (SSSR count). The summed E-state index contributed by atoms with van der Waals surface area (Å²) < 4.78 is 4.97. The quantitative estimate of drug-likeness (QED) is 0.616. The van der Waals surface area contributed by atoms with E-state index in [1.54, 1.807) is 19.4 Å².